The molecule has 38 heavy (non-hydrogen) atoms. The molecule has 1 unspecified atom stereocenters. The molecule has 1 atom stereocenters. The molecule has 1 fully saturated rings. The fraction of sp³-hybridized carbons (Fsp3) is 0.357. The van der Waals surface area contributed by atoms with E-state index < -0.39 is 0 Å². The first kappa shape index (κ1) is 24.5. The maximum absolute atomic E-state index is 13.5. The quantitative estimate of drug-likeness (QED) is 0.365. The van der Waals surface area contributed by atoms with Crippen molar-refractivity contribution in [3.8, 4) is 11.4 Å². The molecule has 0 aliphatic carbocycles. The fourth-order valence-corrected chi connectivity index (χ4v) is 6.55. The molecule has 0 bridgehead atoms. The molecule has 4 aromatic rings. The van der Waals surface area contributed by atoms with E-state index >= 15 is 0 Å². The van der Waals surface area contributed by atoms with Crippen molar-refractivity contribution in [2.45, 2.75) is 31.5 Å². The Hall–Kier alpha value is -3.79. The van der Waals surface area contributed by atoms with Crippen LogP contribution in [0.3, 0.4) is 0 Å². The third-order valence-electron chi connectivity index (χ3n) is 7.42. The third-order valence-corrected chi connectivity index (χ3v) is 8.52. The van der Waals surface area contributed by atoms with Crippen LogP contribution in [0.15, 0.2) is 58.6 Å². The van der Waals surface area contributed by atoms with E-state index in [4.69, 9.17) is 9.72 Å². The van der Waals surface area contributed by atoms with Gasteiger partial charge in [-0.05, 0) is 37.6 Å². The van der Waals surface area contributed by atoms with Gasteiger partial charge in [0.1, 0.15) is 11.1 Å². The van der Waals surface area contributed by atoms with Gasteiger partial charge in [0.15, 0.2) is 10.8 Å². The van der Waals surface area contributed by atoms with Crippen molar-refractivity contribution >= 4 is 34.4 Å². The van der Waals surface area contributed by atoms with E-state index in [9.17, 15) is 9.59 Å². The summed E-state index contributed by atoms with van der Waals surface area (Å²) in [7, 11) is 1.68. The number of rotatable bonds is 5. The van der Waals surface area contributed by atoms with Crippen LogP contribution in [0.4, 0.5) is 5.69 Å². The van der Waals surface area contributed by atoms with Gasteiger partial charge in [-0.25, -0.2) is 9.67 Å². The maximum Gasteiger partial charge on any atom is 0.265 e. The molecule has 1 saturated heterocycles. The molecule has 0 N–H and O–H groups in total. The summed E-state index contributed by atoms with van der Waals surface area (Å²) in [6.07, 6.45) is 1.88. The summed E-state index contributed by atoms with van der Waals surface area (Å²) in [4.78, 5) is 35.8. The second kappa shape index (κ2) is 9.83. The SMILES string of the molecule is COc1ccccc1N1CCN(C(=O)CC2CSc3nc4c(cnn4-c4ccc(C)cc4C)c(=O)n32)CC1. The number of fused-ring (bicyclic) bond motifs is 2. The number of thioether (sulfide) groups is 1. The number of carbonyl (C=O) groups excluding carboxylic acids is 1. The van der Waals surface area contributed by atoms with Gasteiger partial charge in [0.05, 0.1) is 30.7 Å². The molecule has 0 radical (unpaired) electrons. The summed E-state index contributed by atoms with van der Waals surface area (Å²) in [5.74, 6) is 1.56. The largest absolute Gasteiger partial charge is 0.495 e. The monoisotopic (exact) mass is 530 g/mol. The first-order valence-electron chi connectivity index (χ1n) is 12.8. The Balaban J connectivity index is 1.19. The number of anilines is 1. The van der Waals surface area contributed by atoms with Crippen molar-refractivity contribution in [1.82, 2.24) is 24.2 Å². The summed E-state index contributed by atoms with van der Waals surface area (Å²) in [5.41, 5.74) is 4.61. The number of hydrogen-bond donors (Lipinski definition) is 0. The zero-order valence-corrected chi connectivity index (χ0v) is 22.6. The van der Waals surface area contributed by atoms with Gasteiger partial charge in [-0.3, -0.25) is 14.2 Å². The molecule has 0 saturated carbocycles. The Morgan fingerprint density at radius 3 is 2.63 bits per heavy atom. The number of aromatic nitrogens is 4. The predicted octanol–water partition coefficient (Wildman–Crippen LogP) is 3.59. The van der Waals surface area contributed by atoms with E-state index in [2.05, 4.69) is 16.1 Å². The van der Waals surface area contributed by atoms with Crippen molar-refractivity contribution < 1.29 is 9.53 Å². The molecule has 4 heterocycles. The molecule has 2 aromatic carbocycles. The first-order chi connectivity index (χ1) is 18.4. The molecule has 0 spiro atoms. The van der Waals surface area contributed by atoms with Gasteiger partial charge in [-0.1, -0.05) is 41.6 Å². The van der Waals surface area contributed by atoms with E-state index in [1.54, 1.807) is 22.6 Å². The Morgan fingerprint density at radius 1 is 1.08 bits per heavy atom. The van der Waals surface area contributed by atoms with Crippen LogP contribution < -0.4 is 15.2 Å². The standard InChI is InChI=1S/C28H30N6O3S/c1-18-8-9-22(19(2)14-18)34-26-21(16-29-34)27(36)33-20(17-38-28(33)30-26)15-25(35)32-12-10-31(11-13-32)23-6-4-5-7-24(23)37-3/h4-9,14,16,20H,10-13,15,17H2,1-3H3. The summed E-state index contributed by atoms with van der Waals surface area (Å²) < 4.78 is 8.95. The highest BCUT2D eigenvalue weighted by Gasteiger charge is 2.32. The number of nitrogens with zero attached hydrogens (tertiary/aromatic N) is 6. The summed E-state index contributed by atoms with van der Waals surface area (Å²) >= 11 is 1.53. The van der Waals surface area contributed by atoms with Gasteiger partial charge in [-0.2, -0.15) is 5.10 Å². The molecule has 2 aliphatic rings. The number of ether oxygens (including phenoxy) is 1. The van der Waals surface area contributed by atoms with Crippen molar-refractivity contribution in [3.63, 3.8) is 0 Å². The molecule has 10 heteroatoms. The smallest absolute Gasteiger partial charge is 0.265 e. The number of hydrogen-bond acceptors (Lipinski definition) is 7. The van der Waals surface area contributed by atoms with Crippen LogP contribution in [0.2, 0.25) is 0 Å². The van der Waals surface area contributed by atoms with E-state index in [1.807, 2.05) is 55.1 Å². The minimum atomic E-state index is -0.219. The molecular weight excluding hydrogens is 500 g/mol. The van der Waals surface area contributed by atoms with Crippen molar-refractivity contribution in [2.75, 3.05) is 43.9 Å². The zero-order chi connectivity index (χ0) is 26.4. The van der Waals surface area contributed by atoms with Crippen LogP contribution in [0.25, 0.3) is 16.7 Å². The van der Waals surface area contributed by atoms with Crippen LogP contribution in [0.1, 0.15) is 23.6 Å². The van der Waals surface area contributed by atoms with E-state index in [1.165, 1.54) is 17.3 Å². The van der Waals surface area contributed by atoms with Gasteiger partial charge in [-0.15, -0.1) is 0 Å². The minimum Gasteiger partial charge on any atom is -0.495 e. The minimum absolute atomic E-state index is 0.0705. The lowest BCUT2D eigenvalue weighted by molar-refractivity contribution is -0.132. The van der Waals surface area contributed by atoms with Crippen LogP contribution in [0, 0.1) is 13.8 Å². The second-order valence-corrected chi connectivity index (χ2v) is 10.8. The number of aryl methyl sites for hydroxylation is 2. The third kappa shape index (κ3) is 4.22. The topological polar surface area (TPSA) is 85.5 Å². The van der Waals surface area contributed by atoms with Crippen LogP contribution in [0.5, 0.6) is 5.75 Å². The van der Waals surface area contributed by atoms with Gasteiger partial charge in [0, 0.05) is 38.4 Å². The van der Waals surface area contributed by atoms with Crippen LogP contribution >= 0.6 is 11.8 Å². The molecule has 196 valence electrons. The van der Waals surface area contributed by atoms with Gasteiger partial charge < -0.3 is 14.5 Å². The number of piperazine rings is 1. The number of carbonyl (C=O) groups is 1. The average molecular weight is 531 g/mol. The van der Waals surface area contributed by atoms with Crippen LogP contribution in [-0.4, -0.2) is 69.2 Å². The summed E-state index contributed by atoms with van der Waals surface area (Å²) in [6, 6.07) is 13.9. The fourth-order valence-electron chi connectivity index (χ4n) is 5.42. The molecular formula is C28H30N6O3S. The lowest BCUT2D eigenvalue weighted by Crippen LogP contribution is -2.49. The van der Waals surface area contributed by atoms with Crippen molar-refractivity contribution in [3.05, 3.63) is 70.1 Å². The number of methoxy groups -OCH3 is 1. The Morgan fingerprint density at radius 2 is 1.87 bits per heavy atom. The number of benzene rings is 2. The lowest BCUT2D eigenvalue weighted by atomic mass is 10.1. The Kier molecular flexibility index (Phi) is 6.35. The summed E-state index contributed by atoms with van der Waals surface area (Å²) in [5, 5.41) is 5.62. The van der Waals surface area contributed by atoms with Crippen LogP contribution in [-0.2, 0) is 4.79 Å². The lowest BCUT2D eigenvalue weighted by Gasteiger charge is -2.37. The Labute approximate surface area is 225 Å². The molecule has 2 aromatic heterocycles. The number of para-hydroxylation sites is 2. The van der Waals surface area contributed by atoms with Gasteiger partial charge in [0.25, 0.3) is 5.56 Å². The van der Waals surface area contributed by atoms with Crippen molar-refractivity contribution in [1.29, 1.82) is 0 Å². The van der Waals surface area contributed by atoms with E-state index in [0.29, 0.717) is 35.0 Å². The Bertz CT molecular complexity index is 1590. The van der Waals surface area contributed by atoms with E-state index in [0.717, 1.165) is 35.8 Å². The van der Waals surface area contributed by atoms with E-state index in [-0.39, 0.29) is 23.9 Å². The highest BCUT2D eigenvalue weighted by molar-refractivity contribution is 7.99. The van der Waals surface area contributed by atoms with Gasteiger partial charge in [0.2, 0.25) is 5.91 Å². The van der Waals surface area contributed by atoms with Crippen molar-refractivity contribution in [2.24, 2.45) is 0 Å². The maximum atomic E-state index is 13.5. The molecule has 9 nitrogen and oxygen atoms in total. The highest BCUT2D eigenvalue weighted by Crippen LogP contribution is 2.34. The zero-order valence-electron chi connectivity index (χ0n) is 21.8. The summed E-state index contributed by atoms with van der Waals surface area (Å²) in [6.45, 7) is 6.83. The normalized spacial score (nSPS) is 17.2. The highest BCUT2D eigenvalue weighted by atomic mass is 32.2. The molecule has 1 amide bonds. The molecule has 2 aliphatic heterocycles. The molecule has 6 rings (SSSR count). The van der Waals surface area contributed by atoms with Gasteiger partial charge >= 0.3 is 0 Å². The second-order valence-electron chi connectivity index (χ2n) is 9.86. The number of amides is 1. The first-order valence-corrected chi connectivity index (χ1v) is 13.8. The average Bonchev–Trinajstić information content (AvgIpc) is 3.53. The predicted molar refractivity (Wildman–Crippen MR) is 149 cm³/mol.